The summed E-state index contributed by atoms with van der Waals surface area (Å²) < 4.78 is 0. The Morgan fingerprint density at radius 2 is 0.765 bits per heavy atom. The number of fused-ring (bicyclic) bond motifs is 4. The Morgan fingerprint density at radius 1 is 0.412 bits per heavy atom. The van der Waals surface area contributed by atoms with Crippen LogP contribution in [0.2, 0.25) is 0 Å². The summed E-state index contributed by atoms with van der Waals surface area (Å²) >= 11 is 3.23. The monoisotopic (exact) mass is 480 g/mol. The largest absolute Gasteiger partial charge is 0.294 e. The Bertz CT molecular complexity index is 1250. The van der Waals surface area contributed by atoms with Gasteiger partial charge in [0.05, 0.1) is 0 Å². The van der Waals surface area contributed by atoms with Crippen molar-refractivity contribution in [3.05, 3.63) is 119 Å². The molecule has 0 amide bonds. The summed E-state index contributed by atoms with van der Waals surface area (Å²) in [5.74, 6) is 0.311. The summed E-state index contributed by atoms with van der Waals surface area (Å²) in [6, 6.07) is 32.1. The van der Waals surface area contributed by atoms with Gasteiger partial charge < -0.3 is 0 Å². The lowest BCUT2D eigenvalue weighted by Gasteiger charge is -2.15. The molecule has 4 aromatic rings. The van der Waals surface area contributed by atoms with Crippen molar-refractivity contribution in [1.82, 2.24) is 0 Å². The van der Waals surface area contributed by atoms with E-state index in [0.717, 1.165) is 41.8 Å². The van der Waals surface area contributed by atoms with Gasteiger partial charge >= 0.3 is 0 Å². The zero-order valence-electron chi connectivity index (χ0n) is 18.7. The first-order valence-electron chi connectivity index (χ1n) is 11.4. The lowest BCUT2D eigenvalue weighted by Crippen LogP contribution is -2.06. The quantitative estimate of drug-likeness (QED) is 0.256. The molecule has 4 heteroatoms. The average Bonchev–Trinajstić information content (AvgIpc) is 2.87. The van der Waals surface area contributed by atoms with Crippen molar-refractivity contribution in [2.45, 2.75) is 45.3 Å². The number of ketones is 2. The highest BCUT2D eigenvalue weighted by atomic mass is 32.2. The van der Waals surface area contributed by atoms with Crippen molar-refractivity contribution >= 4 is 35.1 Å². The third-order valence-corrected chi connectivity index (χ3v) is 8.39. The maximum absolute atomic E-state index is 13.3. The molecule has 0 atom stereocenters. The van der Waals surface area contributed by atoms with Gasteiger partial charge in [0.2, 0.25) is 0 Å². The lowest BCUT2D eigenvalue weighted by molar-refractivity contribution is 0.0972. The van der Waals surface area contributed by atoms with E-state index in [4.69, 9.17) is 0 Å². The molecule has 1 aliphatic heterocycles. The summed E-state index contributed by atoms with van der Waals surface area (Å²) in [6.45, 7) is 0. The van der Waals surface area contributed by atoms with Crippen molar-refractivity contribution in [3.63, 3.8) is 0 Å². The van der Waals surface area contributed by atoms with Crippen molar-refractivity contribution in [2.24, 2.45) is 0 Å². The minimum Gasteiger partial charge on any atom is -0.294 e. The van der Waals surface area contributed by atoms with Crippen LogP contribution in [0, 0.1) is 0 Å². The second-order valence-corrected chi connectivity index (χ2v) is 10.4. The molecule has 1 aliphatic rings. The predicted molar refractivity (Wildman–Crippen MR) is 139 cm³/mol. The average molecular weight is 481 g/mol. The number of hydrogen-bond donors (Lipinski definition) is 0. The van der Waals surface area contributed by atoms with Crippen LogP contribution in [-0.2, 0) is 12.8 Å². The van der Waals surface area contributed by atoms with Gasteiger partial charge in [-0.1, -0.05) is 96.3 Å². The lowest BCUT2D eigenvalue weighted by atomic mass is 10.0. The fourth-order valence-electron chi connectivity index (χ4n) is 4.19. The summed E-state index contributed by atoms with van der Waals surface area (Å²) in [4.78, 5) is 30.7. The summed E-state index contributed by atoms with van der Waals surface area (Å²) in [7, 11) is 0. The first kappa shape index (κ1) is 22.7. The molecule has 0 saturated heterocycles. The van der Waals surface area contributed by atoms with E-state index in [1.807, 2.05) is 72.8 Å². The minimum absolute atomic E-state index is 0.156. The molecule has 0 unspecified atom stereocenters. The van der Waals surface area contributed by atoms with Gasteiger partial charge in [0, 0.05) is 43.6 Å². The number of carbonyl (C=O) groups excluding carboxylic acids is 2. The first-order chi connectivity index (χ1) is 16.7. The Kier molecular flexibility index (Phi) is 6.98. The Morgan fingerprint density at radius 3 is 1.21 bits per heavy atom. The first-order valence-corrected chi connectivity index (χ1v) is 13.1. The molecule has 0 fully saturated rings. The molecule has 168 valence electrons. The van der Waals surface area contributed by atoms with Gasteiger partial charge in [0.25, 0.3) is 0 Å². The highest BCUT2D eigenvalue weighted by molar-refractivity contribution is 7.99. The fourth-order valence-corrected chi connectivity index (χ4v) is 6.44. The van der Waals surface area contributed by atoms with Gasteiger partial charge in [-0.2, -0.15) is 0 Å². The number of hydrogen-bond acceptors (Lipinski definition) is 4. The summed E-state index contributed by atoms with van der Waals surface area (Å²) in [5, 5.41) is 0. The summed E-state index contributed by atoms with van der Waals surface area (Å²) in [5.41, 5.74) is 3.79. The number of carbonyl (C=O) groups is 2. The third kappa shape index (κ3) is 5.03. The van der Waals surface area contributed by atoms with E-state index in [0.29, 0.717) is 25.7 Å². The van der Waals surface area contributed by atoms with E-state index < -0.39 is 0 Å². The zero-order valence-corrected chi connectivity index (χ0v) is 20.3. The third-order valence-electron chi connectivity index (χ3n) is 6.00. The zero-order chi connectivity index (χ0) is 23.3. The van der Waals surface area contributed by atoms with Crippen LogP contribution in [0.3, 0.4) is 0 Å². The van der Waals surface area contributed by atoms with Gasteiger partial charge in [-0.25, -0.2) is 0 Å². The molecule has 0 spiro atoms. The molecule has 2 nitrogen and oxygen atoms in total. The minimum atomic E-state index is 0.156. The van der Waals surface area contributed by atoms with Crippen molar-refractivity contribution < 1.29 is 9.59 Å². The van der Waals surface area contributed by atoms with Crippen molar-refractivity contribution in [3.8, 4) is 0 Å². The van der Waals surface area contributed by atoms with E-state index in [2.05, 4.69) is 24.3 Å². The molecular weight excluding hydrogens is 456 g/mol. The molecular formula is C30H24O2S2. The smallest absolute Gasteiger partial charge is 0.164 e. The Balaban J connectivity index is 1.58. The van der Waals surface area contributed by atoms with Crippen LogP contribution in [0.5, 0.6) is 0 Å². The SMILES string of the molecule is O=C1CCc2ccccc2Sc2ccccc2C(=O)CCc2ccccc2Sc2ccccc21. The summed E-state index contributed by atoms with van der Waals surface area (Å²) in [6.07, 6.45) is 2.20. The van der Waals surface area contributed by atoms with Crippen LogP contribution >= 0.6 is 23.5 Å². The van der Waals surface area contributed by atoms with E-state index >= 15 is 0 Å². The molecule has 0 aliphatic carbocycles. The fraction of sp³-hybridized carbons (Fsp3) is 0.133. The normalized spacial score (nSPS) is 14.5. The van der Waals surface area contributed by atoms with Gasteiger partial charge in [-0.05, 0) is 48.2 Å². The molecule has 0 radical (unpaired) electrons. The number of rotatable bonds is 0. The van der Waals surface area contributed by atoms with Crippen LogP contribution in [0.25, 0.3) is 0 Å². The molecule has 1 heterocycles. The van der Waals surface area contributed by atoms with Crippen LogP contribution in [0.4, 0.5) is 0 Å². The standard InChI is InChI=1S/C30H24O2S2/c31-25-19-17-21-9-1-5-13-27(21)33-29-15-7-3-12-24(29)26(32)20-18-22-10-2-6-14-28(22)34-30-16-8-4-11-23(25)30/h1-16H,17-20H2. The molecule has 0 bridgehead atoms. The number of Topliss-reactive ketones (excluding diaryl/α,β-unsaturated/α-hetero) is 2. The molecule has 34 heavy (non-hydrogen) atoms. The van der Waals surface area contributed by atoms with E-state index in [1.165, 1.54) is 0 Å². The van der Waals surface area contributed by atoms with Crippen LogP contribution in [0.15, 0.2) is 117 Å². The predicted octanol–water partition coefficient (Wildman–Crippen LogP) is 7.93. The second kappa shape index (κ2) is 10.5. The molecule has 5 rings (SSSR count). The van der Waals surface area contributed by atoms with E-state index in [-0.39, 0.29) is 11.6 Å². The molecule has 0 aromatic heterocycles. The van der Waals surface area contributed by atoms with E-state index in [9.17, 15) is 9.59 Å². The van der Waals surface area contributed by atoms with Crippen LogP contribution in [0.1, 0.15) is 44.7 Å². The van der Waals surface area contributed by atoms with Gasteiger partial charge in [-0.15, -0.1) is 0 Å². The maximum Gasteiger partial charge on any atom is 0.164 e. The molecule has 0 saturated carbocycles. The topological polar surface area (TPSA) is 34.1 Å². The van der Waals surface area contributed by atoms with Crippen LogP contribution in [-0.4, -0.2) is 11.6 Å². The number of benzene rings is 4. The highest BCUT2D eigenvalue weighted by Crippen LogP contribution is 2.37. The van der Waals surface area contributed by atoms with Gasteiger partial charge in [-0.3, -0.25) is 9.59 Å². The highest BCUT2D eigenvalue weighted by Gasteiger charge is 2.18. The van der Waals surface area contributed by atoms with Gasteiger partial charge in [0.1, 0.15) is 0 Å². The Labute approximate surface area is 208 Å². The Hall–Kier alpha value is -3.08. The van der Waals surface area contributed by atoms with Crippen LogP contribution < -0.4 is 0 Å². The molecule has 0 N–H and O–H groups in total. The van der Waals surface area contributed by atoms with Crippen molar-refractivity contribution in [1.29, 1.82) is 0 Å². The molecule has 4 aromatic carbocycles. The second-order valence-electron chi connectivity index (χ2n) is 8.26. The van der Waals surface area contributed by atoms with Gasteiger partial charge in [0.15, 0.2) is 11.6 Å². The number of aryl methyl sites for hydroxylation is 2. The van der Waals surface area contributed by atoms with E-state index in [1.54, 1.807) is 23.5 Å². The van der Waals surface area contributed by atoms with Crippen molar-refractivity contribution in [2.75, 3.05) is 0 Å². The maximum atomic E-state index is 13.3.